The lowest BCUT2D eigenvalue weighted by Crippen LogP contribution is -2.32. The van der Waals surface area contributed by atoms with Crippen molar-refractivity contribution in [2.45, 2.75) is 19.9 Å². The fourth-order valence-corrected chi connectivity index (χ4v) is 3.16. The molecular weight excluding hydrogens is 342 g/mol. The zero-order chi connectivity index (χ0) is 19.6. The second-order valence-electron chi connectivity index (χ2n) is 6.47. The number of carbonyl (C=O) groups excluding carboxylic acids is 2. The molecule has 1 amide bonds. The standard InChI is InChI=1S/C21H21N3O3/c1-12-10-14(13(2)24-19(25)11-22)6-7-15(12)20(26)17-4-3-5-18-16(17)8-9-23-21(18)27/h3-10,13H,11,22H2,1-2H3,(H,23,27)(H,24,25)/t13-/m0/s1. The monoisotopic (exact) mass is 363 g/mol. The van der Waals surface area contributed by atoms with Crippen LogP contribution >= 0.6 is 0 Å². The molecule has 0 saturated heterocycles. The molecule has 0 radical (unpaired) electrons. The largest absolute Gasteiger partial charge is 0.348 e. The summed E-state index contributed by atoms with van der Waals surface area (Å²) in [5.41, 5.74) is 7.84. The zero-order valence-electron chi connectivity index (χ0n) is 15.2. The number of hydrogen-bond acceptors (Lipinski definition) is 4. The number of rotatable bonds is 5. The summed E-state index contributed by atoms with van der Waals surface area (Å²) in [7, 11) is 0. The van der Waals surface area contributed by atoms with Gasteiger partial charge in [0, 0.05) is 22.7 Å². The van der Waals surface area contributed by atoms with Crippen LogP contribution in [0.15, 0.2) is 53.5 Å². The zero-order valence-corrected chi connectivity index (χ0v) is 15.2. The molecule has 0 aliphatic heterocycles. The van der Waals surface area contributed by atoms with Crippen molar-refractivity contribution in [3.05, 3.63) is 81.3 Å². The van der Waals surface area contributed by atoms with E-state index in [2.05, 4.69) is 10.3 Å². The van der Waals surface area contributed by atoms with Crippen molar-refractivity contribution >= 4 is 22.5 Å². The van der Waals surface area contributed by atoms with Gasteiger partial charge in [0.2, 0.25) is 5.91 Å². The molecule has 0 aliphatic rings. The van der Waals surface area contributed by atoms with Gasteiger partial charge in [0.1, 0.15) is 0 Å². The SMILES string of the molecule is Cc1cc([C@H](C)NC(=O)CN)ccc1C(=O)c1cccc2c(=O)[nH]ccc12. The first kappa shape index (κ1) is 18.5. The predicted molar refractivity (Wildman–Crippen MR) is 105 cm³/mol. The first-order valence-corrected chi connectivity index (χ1v) is 8.67. The second kappa shape index (κ2) is 7.55. The number of benzene rings is 2. The van der Waals surface area contributed by atoms with Crippen LogP contribution in [-0.2, 0) is 4.79 Å². The average molecular weight is 363 g/mol. The van der Waals surface area contributed by atoms with Gasteiger partial charge in [-0.2, -0.15) is 0 Å². The highest BCUT2D eigenvalue weighted by atomic mass is 16.2. The lowest BCUT2D eigenvalue weighted by molar-refractivity contribution is -0.120. The van der Waals surface area contributed by atoms with Crippen LogP contribution < -0.4 is 16.6 Å². The highest BCUT2D eigenvalue weighted by Crippen LogP contribution is 2.23. The molecule has 2 aromatic carbocycles. The van der Waals surface area contributed by atoms with Gasteiger partial charge in [0.15, 0.2) is 5.78 Å². The van der Waals surface area contributed by atoms with Gasteiger partial charge in [-0.15, -0.1) is 0 Å². The van der Waals surface area contributed by atoms with E-state index >= 15 is 0 Å². The maximum atomic E-state index is 13.1. The molecule has 0 fully saturated rings. The van der Waals surface area contributed by atoms with E-state index in [-0.39, 0.29) is 29.8 Å². The molecule has 0 saturated carbocycles. The van der Waals surface area contributed by atoms with E-state index in [4.69, 9.17) is 5.73 Å². The van der Waals surface area contributed by atoms with E-state index in [1.807, 2.05) is 26.0 Å². The van der Waals surface area contributed by atoms with Crippen molar-refractivity contribution in [1.82, 2.24) is 10.3 Å². The van der Waals surface area contributed by atoms with Crippen LogP contribution in [0.5, 0.6) is 0 Å². The molecule has 6 heteroatoms. The smallest absolute Gasteiger partial charge is 0.255 e. The van der Waals surface area contributed by atoms with Crippen molar-refractivity contribution < 1.29 is 9.59 Å². The molecule has 0 aliphatic carbocycles. The summed E-state index contributed by atoms with van der Waals surface area (Å²) in [6, 6.07) is 12.1. The topological polar surface area (TPSA) is 105 Å². The van der Waals surface area contributed by atoms with E-state index in [0.29, 0.717) is 21.9 Å². The molecule has 1 heterocycles. The summed E-state index contributed by atoms with van der Waals surface area (Å²) in [4.78, 5) is 39.2. The van der Waals surface area contributed by atoms with Crippen molar-refractivity contribution in [2.75, 3.05) is 6.54 Å². The van der Waals surface area contributed by atoms with E-state index in [9.17, 15) is 14.4 Å². The number of carbonyl (C=O) groups is 2. The van der Waals surface area contributed by atoms with E-state index < -0.39 is 0 Å². The van der Waals surface area contributed by atoms with Crippen molar-refractivity contribution in [3.8, 4) is 0 Å². The van der Waals surface area contributed by atoms with Crippen LogP contribution in [0.4, 0.5) is 0 Å². The number of nitrogens with one attached hydrogen (secondary N) is 2. The van der Waals surface area contributed by atoms with Crippen LogP contribution in [-0.4, -0.2) is 23.2 Å². The number of pyridine rings is 1. The van der Waals surface area contributed by atoms with E-state index in [1.54, 1.807) is 36.5 Å². The lowest BCUT2D eigenvalue weighted by atomic mass is 9.93. The average Bonchev–Trinajstić information content (AvgIpc) is 2.67. The molecule has 0 bridgehead atoms. The molecule has 4 N–H and O–H groups in total. The predicted octanol–water partition coefficient (Wildman–Crippen LogP) is 2.20. The second-order valence-corrected chi connectivity index (χ2v) is 6.47. The third kappa shape index (κ3) is 3.66. The molecule has 3 aromatic rings. The fraction of sp³-hybridized carbons (Fsp3) is 0.190. The van der Waals surface area contributed by atoms with Gasteiger partial charge >= 0.3 is 0 Å². The Morgan fingerprint density at radius 2 is 1.89 bits per heavy atom. The number of ketones is 1. The minimum atomic E-state index is -0.235. The summed E-state index contributed by atoms with van der Waals surface area (Å²) in [6.07, 6.45) is 1.54. The maximum absolute atomic E-state index is 13.1. The Bertz CT molecular complexity index is 1090. The Labute approximate surface area is 156 Å². The number of hydrogen-bond donors (Lipinski definition) is 3. The fourth-order valence-electron chi connectivity index (χ4n) is 3.16. The summed E-state index contributed by atoms with van der Waals surface area (Å²) in [5.74, 6) is -0.379. The van der Waals surface area contributed by atoms with Crippen LogP contribution in [0.3, 0.4) is 0 Å². The van der Waals surface area contributed by atoms with E-state index in [0.717, 1.165) is 11.1 Å². The first-order valence-electron chi connectivity index (χ1n) is 8.67. The van der Waals surface area contributed by atoms with Crippen LogP contribution in [0, 0.1) is 6.92 Å². The van der Waals surface area contributed by atoms with E-state index in [1.165, 1.54) is 0 Å². The summed E-state index contributed by atoms with van der Waals surface area (Å²) in [6.45, 7) is 3.65. The molecule has 138 valence electrons. The molecule has 3 rings (SSSR count). The van der Waals surface area contributed by atoms with Crippen LogP contribution in [0.25, 0.3) is 10.8 Å². The Hall–Kier alpha value is -3.25. The molecule has 0 unspecified atom stereocenters. The Balaban J connectivity index is 1.98. The molecule has 1 atom stereocenters. The molecule has 0 spiro atoms. The summed E-state index contributed by atoms with van der Waals surface area (Å²) < 4.78 is 0. The molecular formula is C21H21N3O3. The third-order valence-corrected chi connectivity index (χ3v) is 4.62. The highest BCUT2D eigenvalue weighted by Gasteiger charge is 2.17. The highest BCUT2D eigenvalue weighted by molar-refractivity contribution is 6.16. The quantitative estimate of drug-likeness (QED) is 0.604. The van der Waals surface area contributed by atoms with Crippen LogP contribution in [0.1, 0.15) is 40.0 Å². The normalized spacial score (nSPS) is 12.0. The van der Waals surface area contributed by atoms with Gasteiger partial charge in [-0.05, 0) is 42.5 Å². The molecule has 6 nitrogen and oxygen atoms in total. The minimum absolute atomic E-state index is 0.0693. The number of amides is 1. The summed E-state index contributed by atoms with van der Waals surface area (Å²) >= 11 is 0. The number of H-pyrrole nitrogens is 1. The summed E-state index contributed by atoms with van der Waals surface area (Å²) in [5, 5.41) is 3.90. The van der Waals surface area contributed by atoms with Gasteiger partial charge in [0.05, 0.1) is 12.6 Å². The van der Waals surface area contributed by atoms with Crippen molar-refractivity contribution in [3.63, 3.8) is 0 Å². The van der Waals surface area contributed by atoms with Gasteiger partial charge in [0.25, 0.3) is 5.56 Å². The van der Waals surface area contributed by atoms with Gasteiger partial charge in [-0.1, -0.05) is 30.3 Å². The Morgan fingerprint density at radius 3 is 2.59 bits per heavy atom. The van der Waals surface area contributed by atoms with Crippen LogP contribution in [0.2, 0.25) is 0 Å². The minimum Gasteiger partial charge on any atom is -0.348 e. The van der Waals surface area contributed by atoms with Crippen molar-refractivity contribution in [2.24, 2.45) is 5.73 Å². The number of fused-ring (bicyclic) bond motifs is 1. The van der Waals surface area contributed by atoms with Gasteiger partial charge in [-0.25, -0.2) is 0 Å². The number of aromatic amines is 1. The van der Waals surface area contributed by atoms with Gasteiger partial charge in [-0.3, -0.25) is 14.4 Å². The Kier molecular flexibility index (Phi) is 5.19. The number of nitrogens with two attached hydrogens (primary N) is 1. The molecule has 27 heavy (non-hydrogen) atoms. The molecule has 1 aromatic heterocycles. The Morgan fingerprint density at radius 1 is 1.11 bits per heavy atom. The lowest BCUT2D eigenvalue weighted by Gasteiger charge is -2.16. The number of aryl methyl sites for hydroxylation is 1. The third-order valence-electron chi connectivity index (χ3n) is 4.62. The van der Waals surface area contributed by atoms with Crippen molar-refractivity contribution in [1.29, 1.82) is 0 Å². The maximum Gasteiger partial charge on any atom is 0.255 e. The first-order chi connectivity index (χ1) is 12.9. The van der Waals surface area contributed by atoms with Gasteiger partial charge < -0.3 is 16.0 Å². The number of aromatic nitrogens is 1.